The number of hydrogen-bond acceptors (Lipinski definition) is 7. The molecule has 1 amide bonds. The number of carbonyl (C=O) groups is 2. The molecule has 1 N–H and O–H groups in total. The van der Waals surface area contributed by atoms with Gasteiger partial charge in [-0.05, 0) is 49.9 Å². The van der Waals surface area contributed by atoms with Crippen molar-refractivity contribution in [2.75, 3.05) is 24.2 Å². The van der Waals surface area contributed by atoms with Crippen LogP contribution < -0.4 is 5.32 Å². The number of piperidine rings is 1. The van der Waals surface area contributed by atoms with E-state index < -0.39 is 15.9 Å². The number of pyridine rings is 1. The maximum Gasteiger partial charge on any atom is 0.243 e. The van der Waals surface area contributed by atoms with Crippen molar-refractivity contribution in [2.45, 2.75) is 48.4 Å². The van der Waals surface area contributed by atoms with Crippen molar-refractivity contribution >= 4 is 50.8 Å². The molecule has 1 aliphatic carbocycles. The number of benzene rings is 1. The predicted octanol–water partition coefficient (Wildman–Crippen LogP) is 4.03. The van der Waals surface area contributed by atoms with E-state index in [1.54, 1.807) is 6.07 Å². The predicted molar refractivity (Wildman–Crippen MR) is 130 cm³/mol. The molecule has 0 unspecified atom stereocenters. The van der Waals surface area contributed by atoms with Crippen LogP contribution in [0, 0.1) is 11.3 Å². The quantitative estimate of drug-likeness (QED) is 0.573. The van der Waals surface area contributed by atoms with Crippen LogP contribution in [0.4, 0.5) is 5.69 Å². The topological polar surface area (TPSA) is 120 Å². The second kappa shape index (κ2) is 10.4. The Bertz CT molecular complexity index is 1280. The lowest BCUT2D eigenvalue weighted by atomic mass is 9.94. The fourth-order valence-corrected chi connectivity index (χ4v) is 6.52. The number of rotatable bonds is 6. The Hall–Kier alpha value is -2.45. The molecule has 0 spiro atoms. The molecule has 2 heterocycles. The van der Waals surface area contributed by atoms with E-state index >= 15 is 0 Å². The average Bonchev–Trinajstić information content (AvgIpc) is 2.84. The molecule has 1 aromatic carbocycles. The maximum absolute atomic E-state index is 13.0. The number of anilines is 1. The normalized spacial score (nSPS) is 16.5. The zero-order chi connectivity index (χ0) is 24.3. The van der Waals surface area contributed by atoms with Gasteiger partial charge in [-0.1, -0.05) is 29.8 Å². The fourth-order valence-electron chi connectivity index (χ4n) is 4.04. The summed E-state index contributed by atoms with van der Waals surface area (Å²) < 4.78 is 27.4. The number of amides is 1. The molecule has 2 aromatic rings. The molecule has 178 valence electrons. The van der Waals surface area contributed by atoms with Crippen LogP contribution in [0.25, 0.3) is 0 Å². The highest BCUT2D eigenvalue weighted by atomic mass is 35.5. The Morgan fingerprint density at radius 3 is 2.68 bits per heavy atom. The lowest BCUT2D eigenvalue weighted by molar-refractivity contribution is -0.113. The van der Waals surface area contributed by atoms with E-state index in [2.05, 4.69) is 10.3 Å². The number of fused-ring (bicyclic) bond motifs is 1. The second-order valence-corrected chi connectivity index (χ2v) is 11.5. The van der Waals surface area contributed by atoms with Gasteiger partial charge < -0.3 is 5.32 Å². The number of halogens is 1. The lowest BCUT2D eigenvalue weighted by Crippen LogP contribution is -2.35. The summed E-state index contributed by atoms with van der Waals surface area (Å²) in [5.41, 5.74) is 1.58. The van der Waals surface area contributed by atoms with Crippen LogP contribution in [0.5, 0.6) is 0 Å². The first kappa shape index (κ1) is 24.7. The molecular weight excluding hydrogens is 496 g/mol. The summed E-state index contributed by atoms with van der Waals surface area (Å²) in [6, 6.07) is 7.86. The van der Waals surface area contributed by atoms with Gasteiger partial charge in [0.25, 0.3) is 0 Å². The van der Waals surface area contributed by atoms with E-state index in [1.807, 2.05) is 6.07 Å². The highest BCUT2D eigenvalue weighted by Crippen LogP contribution is 2.30. The molecule has 0 radical (unpaired) electrons. The van der Waals surface area contributed by atoms with Crippen LogP contribution in [0.15, 0.2) is 34.2 Å². The van der Waals surface area contributed by atoms with Gasteiger partial charge in [0, 0.05) is 25.1 Å². The summed E-state index contributed by atoms with van der Waals surface area (Å²) in [5, 5.41) is 12.7. The van der Waals surface area contributed by atoms with E-state index in [1.165, 1.54) is 22.5 Å². The highest BCUT2D eigenvalue weighted by Gasteiger charge is 2.27. The number of hydrogen-bond donors (Lipinski definition) is 1. The molecule has 0 atom stereocenters. The highest BCUT2D eigenvalue weighted by molar-refractivity contribution is 8.00. The zero-order valence-corrected chi connectivity index (χ0v) is 20.7. The Kier molecular flexibility index (Phi) is 7.57. The van der Waals surface area contributed by atoms with Crippen molar-refractivity contribution in [2.24, 2.45) is 0 Å². The second-order valence-electron chi connectivity index (χ2n) is 8.17. The number of nitrogens with zero attached hydrogens (tertiary/aromatic N) is 3. The van der Waals surface area contributed by atoms with Crippen LogP contribution in [0.2, 0.25) is 5.02 Å². The Balaban J connectivity index is 1.47. The molecule has 1 aliphatic heterocycles. The molecular formula is C23H23ClN4O4S2. The molecule has 34 heavy (non-hydrogen) atoms. The number of nitriles is 1. The van der Waals surface area contributed by atoms with Gasteiger partial charge in [-0.3, -0.25) is 9.59 Å². The molecule has 1 saturated heterocycles. The third-order valence-corrected chi connectivity index (χ3v) is 9.02. The Morgan fingerprint density at radius 1 is 1.18 bits per heavy atom. The van der Waals surface area contributed by atoms with Crippen LogP contribution in [-0.2, 0) is 21.2 Å². The standard InChI is InChI=1S/C23H23ClN4O4S2/c24-18-8-7-16(34(31,32)28-9-2-1-3-10-28)12-20(18)26-22(30)14-33-23-15(13-25)11-17-19(27-23)5-4-6-21(17)29/h7-8,11-12H,1-6,9-10,14H2,(H,26,30). The summed E-state index contributed by atoms with van der Waals surface area (Å²) in [7, 11) is -3.67. The van der Waals surface area contributed by atoms with E-state index in [-0.39, 0.29) is 32.7 Å². The summed E-state index contributed by atoms with van der Waals surface area (Å²) in [6.45, 7) is 0.952. The molecule has 1 fully saturated rings. The summed E-state index contributed by atoms with van der Waals surface area (Å²) in [6.07, 6.45) is 4.47. The van der Waals surface area contributed by atoms with E-state index in [0.29, 0.717) is 48.6 Å². The summed E-state index contributed by atoms with van der Waals surface area (Å²) in [4.78, 5) is 29.2. The summed E-state index contributed by atoms with van der Waals surface area (Å²) >= 11 is 7.30. The van der Waals surface area contributed by atoms with Crippen LogP contribution in [0.3, 0.4) is 0 Å². The van der Waals surface area contributed by atoms with Gasteiger partial charge in [-0.25, -0.2) is 13.4 Å². The summed E-state index contributed by atoms with van der Waals surface area (Å²) in [5.74, 6) is -0.499. The Morgan fingerprint density at radius 2 is 1.94 bits per heavy atom. The van der Waals surface area contributed by atoms with E-state index in [9.17, 15) is 23.3 Å². The van der Waals surface area contributed by atoms with Gasteiger partial charge in [-0.15, -0.1) is 0 Å². The zero-order valence-electron chi connectivity index (χ0n) is 18.3. The van der Waals surface area contributed by atoms with Crippen molar-refractivity contribution in [3.63, 3.8) is 0 Å². The molecule has 0 bridgehead atoms. The first-order valence-electron chi connectivity index (χ1n) is 11.0. The maximum atomic E-state index is 13.0. The number of Topliss-reactive ketones (excluding diaryl/α,β-unsaturated/α-hetero) is 1. The molecule has 2 aliphatic rings. The molecule has 8 nitrogen and oxygen atoms in total. The third-order valence-electron chi connectivity index (χ3n) is 5.81. The lowest BCUT2D eigenvalue weighted by Gasteiger charge is -2.26. The van der Waals surface area contributed by atoms with Crippen molar-refractivity contribution in [3.05, 3.63) is 46.1 Å². The fraction of sp³-hybridized carbons (Fsp3) is 0.391. The van der Waals surface area contributed by atoms with Crippen molar-refractivity contribution in [1.29, 1.82) is 5.26 Å². The SMILES string of the molecule is N#Cc1cc2c(nc1SCC(=O)Nc1cc(S(=O)(=O)N3CCCCC3)ccc1Cl)CCCC2=O. The number of sulfonamides is 1. The van der Waals surface area contributed by atoms with Crippen LogP contribution in [-0.4, -0.2) is 48.2 Å². The van der Waals surface area contributed by atoms with Crippen molar-refractivity contribution in [1.82, 2.24) is 9.29 Å². The minimum Gasteiger partial charge on any atom is -0.324 e. The Labute approximate surface area is 207 Å². The number of thioether (sulfide) groups is 1. The number of aromatic nitrogens is 1. The first-order valence-corrected chi connectivity index (χ1v) is 13.8. The number of ketones is 1. The van der Waals surface area contributed by atoms with Crippen molar-refractivity contribution < 1.29 is 18.0 Å². The molecule has 11 heteroatoms. The largest absolute Gasteiger partial charge is 0.324 e. The van der Waals surface area contributed by atoms with Crippen molar-refractivity contribution in [3.8, 4) is 6.07 Å². The smallest absolute Gasteiger partial charge is 0.243 e. The molecule has 4 rings (SSSR count). The van der Waals surface area contributed by atoms with Crippen LogP contribution in [0.1, 0.15) is 53.7 Å². The van der Waals surface area contributed by atoms with Gasteiger partial charge >= 0.3 is 0 Å². The van der Waals surface area contributed by atoms with E-state index in [0.717, 1.165) is 31.0 Å². The van der Waals surface area contributed by atoms with Gasteiger partial charge in [0.15, 0.2) is 5.78 Å². The van der Waals surface area contributed by atoms with Crippen LogP contribution >= 0.6 is 23.4 Å². The average molecular weight is 519 g/mol. The van der Waals surface area contributed by atoms with Gasteiger partial charge in [0.05, 0.1) is 32.6 Å². The first-order chi connectivity index (χ1) is 16.3. The molecule has 0 saturated carbocycles. The van der Waals surface area contributed by atoms with Gasteiger partial charge in [-0.2, -0.15) is 9.57 Å². The number of aryl methyl sites for hydroxylation is 1. The van der Waals surface area contributed by atoms with Gasteiger partial charge in [0.2, 0.25) is 15.9 Å². The number of carbonyl (C=O) groups excluding carboxylic acids is 2. The third kappa shape index (κ3) is 5.28. The number of nitrogens with one attached hydrogen (secondary N) is 1. The monoisotopic (exact) mass is 518 g/mol. The van der Waals surface area contributed by atoms with E-state index in [4.69, 9.17) is 11.6 Å². The minimum atomic E-state index is -3.67. The molecule has 1 aromatic heterocycles. The minimum absolute atomic E-state index is 0.0198. The van der Waals surface area contributed by atoms with Gasteiger partial charge in [0.1, 0.15) is 11.1 Å².